The molecule has 0 radical (unpaired) electrons. The first-order valence-electron chi connectivity index (χ1n) is 13.4. The smallest absolute Gasteiger partial charge is 0.343 e. The quantitative estimate of drug-likeness (QED) is 0.547. The number of esters is 1. The molecule has 0 saturated carbocycles. The number of ether oxygens (including phenoxy) is 3. The van der Waals surface area contributed by atoms with E-state index in [1.54, 1.807) is 14.0 Å². The third-order valence-corrected chi connectivity index (χ3v) is 9.00. The van der Waals surface area contributed by atoms with Gasteiger partial charge >= 0.3 is 5.97 Å². The summed E-state index contributed by atoms with van der Waals surface area (Å²) in [7, 11) is 1.57. The van der Waals surface area contributed by atoms with Crippen LogP contribution in [0.1, 0.15) is 79.1 Å². The predicted octanol–water partition coefficient (Wildman–Crippen LogP) is 5.04. The summed E-state index contributed by atoms with van der Waals surface area (Å²) in [6, 6.07) is 1.04. The van der Waals surface area contributed by atoms with Gasteiger partial charge in [-0.2, -0.15) is 0 Å². The van der Waals surface area contributed by atoms with Crippen LogP contribution in [-0.2, 0) is 19.0 Å². The Kier molecular flexibility index (Phi) is 6.58. The van der Waals surface area contributed by atoms with Crippen molar-refractivity contribution in [3.8, 4) is 0 Å². The molecule has 0 spiro atoms. The first kappa shape index (κ1) is 23.9. The van der Waals surface area contributed by atoms with Crippen molar-refractivity contribution < 1.29 is 24.1 Å². The molecule has 6 heteroatoms. The fourth-order valence-corrected chi connectivity index (χ4v) is 7.37. The molecule has 0 aromatic rings. The summed E-state index contributed by atoms with van der Waals surface area (Å²) in [6.45, 7) is 8.44. The van der Waals surface area contributed by atoms with Crippen molar-refractivity contribution in [3.05, 3.63) is 34.7 Å². The Morgan fingerprint density at radius 2 is 1.94 bits per heavy atom. The summed E-state index contributed by atoms with van der Waals surface area (Å²) >= 11 is 0. The van der Waals surface area contributed by atoms with Gasteiger partial charge in [0.25, 0.3) is 0 Å². The monoisotopic (exact) mass is 471 g/mol. The van der Waals surface area contributed by atoms with Crippen LogP contribution in [0.2, 0.25) is 0 Å². The van der Waals surface area contributed by atoms with E-state index in [9.17, 15) is 9.90 Å². The van der Waals surface area contributed by atoms with E-state index in [1.165, 1.54) is 25.7 Å². The lowest BCUT2D eigenvalue weighted by molar-refractivity contribution is -0.133. The van der Waals surface area contributed by atoms with E-state index in [1.807, 2.05) is 0 Å². The second-order valence-electron chi connectivity index (χ2n) is 11.5. The Morgan fingerprint density at radius 3 is 2.68 bits per heavy atom. The first-order chi connectivity index (χ1) is 16.3. The van der Waals surface area contributed by atoms with Crippen LogP contribution in [0.3, 0.4) is 0 Å². The average Bonchev–Trinajstić information content (AvgIpc) is 3.20. The van der Waals surface area contributed by atoms with Crippen molar-refractivity contribution in [1.29, 1.82) is 0 Å². The molecule has 5 aliphatic heterocycles. The van der Waals surface area contributed by atoms with Gasteiger partial charge in [-0.15, -0.1) is 0 Å². The lowest BCUT2D eigenvalue weighted by Crippen LogP contribution is -2.63. The number of hydrogen-bond donors (Lipinski definition) is 1. The van der Waals surface area contributed by atoms with Gasteiger partial charge in [-0.05, 0) is 63.4 Å². The van der Waals surface area contributed by atoms with Crippen LogP contribution >= 0.6 is 0 Å². The van der Waals surface area contributed by atoms with Gasteiger partial charge in [-0.25, -0.2) is 4.79 Å². The maximum Gasteiger partial charge on any atom is 0.343 e. The van der Waals surface area contributed by atoms with E-state index in [4.69, 9.17) is 14.2 Å². The topological polar surface area (TPSA) is 68.2 Å². The zero-order valence-electron chi connectivity index (χ0n) is 21.4. The largest absolute Gasteiger partial charge is 0.492 e. The van der Waals surface area contributed by atoms with Crippen molar-refractivity contribution in [2.24, 2.45) is 23.7 Å². The molecule has 0 aliphatic carbocycles. The molecule has 188 valence electrons. The molecule has 0 aromatic heterocycles. The first-order valence-corrected chi connectivity index (χ1v) is 13.4. The molecule has 1 N–H and O–H groups in total. The van der Waals surface area contributed by atoms with E-state index in [-0.39, 0.29) is 30.0 Å². The van der Waals surface area contributed by atoms with Crippen LogP contribution in [0.15, 0.2) is 34.7 Å². The number of carbonyl (C=O) groups excluding carboxylic acids is 1. The molecule has 2 bridgehead atoms. The maximum atomic E-state index is 12.2. The molecule has 5 heterocycles. The molecular formula is C28H41NO5. The molecule has 0 unspecified atom stereocenters. The predicted molar refractivity (Wildman–Crippen MR) is 129 cm³/mol. The van der Waals surface area contributed by atoms with Gasteiger partial charge in [0.05, 0.1) is 18.8 Å². The minimum atomic E-state index is -0.364. The van der Waals surface area contributed by atoms with E-state index >= 15 is 0 Å². The third kappa shape index (κ3) is 3.91. The number of fused-ring (bicyclic) bond motifs is 3. The van der Waals surface area contributed by atoms with Gasteiger partial charge in [-0.3, -0.25) is 4.90 Å². The summed E-state index contributed by atoms with van der Waals surface area (Å²) < 4.78 is 17.6. The molecule has 5 aliphatic rings. The van der Waals surface area contributed by atoms with Crippen LogP contribution in [0.5, 0.6) is 0 Å². The highest BCUT2D eigenvalue weighted by molar-refractivity contribution is 5.93. The Hall–Kier alpha value is -1.79. The number of carbonyl (C=O) groups is 1. The summed E-state index contributed by atoms with van der Waals surface area (Å²) in [4.78, 5) is 15.0. The van der Waals surface area contributed by atoms with Crippen molar-refractivity contribution in [2.45, 2.75) is 103 Å². The normalized spacial score (nSPS) is 38.3. The van der Waals surface area contributed by atoms with Crippen molar-refractivity contribution in [1.82, 2.24) is 4.90 Å². The lowest BCUT2D eigenvalue weighted by Gasteiger charge is -2.56. The molecule has 0 aromatic carbocycles. The van der Waals surface area contributed by atoms with E-state index in [2.05, 4.69) is 31.7 Å². The minimum Gasteiger partial charge on any atom is -0.492 e. The van der Waals surface area contributed by atoms with Crippen LogP contribution in [0, 0.1) is 23.7 Å². The Morgan fingerprint density at radius 1 is 1.18 bits per heavy atom. The average molecular weight is 472 g/mol. The number of aliphatic hydroxyl groups is 1. The van der Waals surface area contributed by atoms with Gasteiger partial charge in [0.1, 0.15) is 5.76 Å². The summed E-state index contributed by atoms with van der Waals surface area (Å²) in [6.07, 6.45) is 10.8. The Balaban J connectivity index is 1.45. The molecular weight excluding hydrogens is 430 g/mol. The summed E-state index contributed by atoms with van der Waals surface area (Å²) in [5, 5.41) is 11.4. The molecule has 3 fully saturated rings. The molecule has 5 rings (SSSR count). The Bertz CT molecular complexity index is 918. The number of hydrogen-bond acceptors (Lipinski definition) is 6. The second-order valence-corrected chi connectivity index (χ2v) is 11.5. The van der Waals surface area contributed by atoms with Gasteiger partial charge in [0, 0.05) is 30.0 Å². The van der Waals surface area contributed by atoms with Gasteiger partial charge in [-0.1, -0.05) is 33.6 Å². The van der Waals surface area contributed by atoms with Crippen LogP contribution in [-0.4, -0.2) is 47.3 Å². The van der Waals surface area contributed by atoms with Gasteiger partial charge in [0.2, 0.25) is 5.76 Å². The highest BCUT2D eigenvalue weighted by Gasteiger charge is 2.54. The van der Waals surface area contributed by atoms with Crippen LogP contribution in [0.25, 0.3) is 0 Å². The van der Waals surface area contributed by atoms with Crippen LogP contribution in [0.4, 0.5) is 0 Å². The SMILES string of the molecule is COC1=C(C)C(=O)O/C1=C1/OC2=CC[C@@H]3CC[C@@H]4CC[C@@H]([C@H]2[C@@H]1C)N3[C@@H]4[C@@H](O)CCCC(C)C. The van der Waals surface area contributed by atoms with Gasteiger partial charge < -0.3 is 19.3 Å². The lowest BCUT2D eigenvalue weighted by atomic mass is 9.70. The summed E-state index contributed by atoms with van der Waals surface area (Å²) in [5.74, 6) is 3.83. The highest BCUT2D eigenvalue weighted by atomic mass is 16.6. The number of methoxy groups -OCH3 is 1. The molecule has 6 nitrogen and oxygen atoms in total. The van der Waals surface area contributed by atoms with Crippen molar-refractivity contribution in [2.75, 3.05) is 7.11 Å². The fraction of sp³-hybridized carbons (Fsp3) is 0.750. The second kappa shape index (κ2) is 9.34. The van der Waals surface area contributed by atoms with Gasteiger partial charge in [0.15, 0.2) is 11.5 Å². The van der Waals surface area contributed by atoms with E-state index < -0.39 is 0 Å². The maximum absolute atomic E-state index is 12.2. The third-order valence-electron chi connectivity index (χ3n) is 9.00. The van der Waals surface area contributed by atoms with Crippen molar-refractivity contribution in [3.63, 3.8) is 0 Å². The Labute approximate surface area is 204 Å². The number of allylic oxidation sites excluding steroid dienone is 1. The highest BCUT2D eigenvalue weighted by Crippen LogP contribution is 2.53. The number of nitrogens with zero attached hydrogens (tertiary/aromatic N) is 1. The fourth-order valence-electron chi connectivity index (χ4n) is 7.37. The van der Waals surface area contributed by atoms with Crippen LogP contribution < -0.4 is 0 Å². The number of rotatable bonds is 6. The number of piperidine rings is 2. The number of aliphatic hydroxyl groups excluding tert-OH is 1. The zero-order chi connectivity index (χ0) is 24.1. The molecule has 7 atom stereocenters. The minimum absolute atomic E-state index is 0.0751. The molecule has 0 amide bonds. The zero-order valence-corrected chi connectivity index (χ0v) is 21.4. The van der Waals surface area contributed by atoms with Crippen molar-refractivity contribution >= 4 is 5.97 Å². The molecule has 34 heavy (non-hydrogen) atoms. The van der Waals surface area contributed by atoms with E-state index in [0.29, 0.717) is 46.8 Å². The standard InChI is InChI=1S/C28H41NO5/c1-15(2)7-6-8-21(30)24-18-9-11-19-12-14-22-23(20(13-10-18)29(19)24)16(3)26(33-22)27-25(32-5)17(4)28(31)34-27/h14-16,18-21,23-24,30H,6-13H2,1-5H3/b27-26+/t16-,18+,19-,20-,21-,23+,24-/m0/s1. The van der Waals surface area contributed by atoms with E-state index in [0.717, 1.165) is 31.4 Å². The number of cyclic esters (lactones) is 1. The molecule has 3 saturated heterocycles. The summed E-state index contributed by atoms with van der Waals surface area (Å²) in [5.41, 5.74) is 0.489.